The summed E-state index contributed by atoms with van der Waals surface area (Å²) in [6, 6.07) is 0. The highest BCUT2D eigenvalue weighted by Gasteiger charge is 2.29. The molecule has 1 heterocycles. The van der Waals surface area contributed by atoms with Gasteiger partial charge in [-0.2, -0.15) is 13.2 Å². The highest BCUT2D eigenvalue weighted by molar-refractivity contribution is 8.00. The van der Waals surface area contributed by atoms with Crippen LogP contribution in [0.5, 0.6) is 0 Å². The van der Waals surface area contributed by atoms with Gasteiger partial charge in [0.1, 0.15) is 0 Å². The van der Waals surface area contributed by atoms with Gasteiger partial charge in [0.25, 0.3) is 0 Å². The summed E-state index contributed by atoms with van der Waals surface area (Å²) in [4.78, 5) is 11.5. The molecule has 1 atom stereocenters. The van der Waals surface area contributed by atoms with Crippen molar-refractivity contribution in [3.05, 3.63) is 0 Å². The Morgan fingerprint density at radius 2 is 2.19 bits per heavy atom. The van der Waals surface area contributed by atoms with E-state index in [1.807, 2.05) is 0 Å². The van der Waals surface area contributed by atoms with Crippen LogP contribution in [0.4, 0.5) is 13.2 Å². The molecule has 94 valence electrons. The van der Waals surface area contributed by atoms with Crippen LogP contribution in [-0.4, -0.2) is 36.8 Å². The van der Waals surface area contributed by atoms with E-state index < -0.39 is 5.51 Å². The number of amides is 1. The monoisotopic (exact) mass is 256 g/mol. The molecular formula is C9H15F3N2OS. The molecule has 0 aromatic carbocycles. The van der Waals surface area contributed by atoms with Gasteiger partial charge in [0.15, 0.2) is 0 Å². The van der Waals surface area contributed by atoms with Crippen LogP contribution in [0, 0.1) is 11.8 Å². The molecule has 1 unspecified atom stereocenters. The van der Waals surface area contributed by atoms with Crippen LogP contribution < -0.4 is 10.6 Å². The number of carbonyl (C=O) groups is 1. The van der Waals surface area contributed by atoms with E-state index in [0.717, 1.165) is 13.1 Å². The first-order valence-electron chi connectivity index (χ1n) is 5.09. The molecular weight excluding hydrogens is 241 g/mol. The van der Waals surface area contributed by atoms with Crippen molar-refractivity contribution in [2.75, 3.05) is 25.4 Å². The van der Waals surface area contributed by atoms with Crippen molar-refractivity contribution in [3.8, 4) is 0 Å². The Morgan fingerprint density at radius 1 is 1.56 bits per heavy atom. The maximum atomic E-state index is 11.8. The summed E-state index contributed by atoms with van der Waals surface area (Å²) in [6.45, 7) is 3.49. The fraction of sp³-hybridized carbons (Fsp3) is 0.889. The standard InChI is InChI=1S/C9H15F3N2OS/c1-6(7-4-13-5-7)8(15)14-2-3-16-9(10,11)12/h6-7,13H,2-5H2,1H3,(H,14,15). The van der Waals surface area contributed by atoms with E-state index in [0.29, 0.717) is 5.92 Å². The number of halogens is 3. The van der Waals surface area contributed by atoms with Crippen molar-refractivity contribution in [1.82, 2.24) is 10.6 Å². The molecule has 0 aliphatic carbocycles. The Kier molecular flexibility index (Phi) is 4.91. The van der Waals surface area contributed by atoms with Crippen LogP contribution in [0.2, 0.25) is 0 Å². The number of thioether (sulfide) groups is 1. The molecule has 2 N–H and O–H groups in total. The number of nitrogens with one attached hydrogen (secondary N) is 2. The molecule has 1 amide bonds. The van der Waals surface area contributed by atoms with Gasteiger partial charge in [0.2, 0.25) is 5.91 Å². The lowest BCUT2D eigenvalue weighted by atomic mass is 9.88. The first-order valence-corrected chi connectivity index (χ1v) is 6.08. The molecule has 7 heteroatoms. The Bertz CT molecular complexity index is 243. The lowest BCUT2D eigenvalue weighted by Crippen LogP contribution is -2.49. The third kappa shape index (κ3) is 4.61. The topological polar surface area (TPSA) is 41.1 Å². The second kappa shape index (κ2) is 5.77. The smallest absolute Gasteiger partial charge is 0.355 e. The number of hydrogen-bond donors (Lipinski definition) is 2. The van der Waals surface area contributed by atoms with Gasteiger partial charge in [-0.3, -0.25) is 4.79 Å². The Balaban J connectivity index is 2.10. The van der Waals surface area contributed by atoms with Gasteiger partial charge in [-0.05, 0) is 30.8 Å². The maximum absolute atomic E-state index is 11.8. The number of alkyl halides is 3. The van der Waals surface area contributed by atoms with Crippen molar-refractivity contribution in [2.45, 2.75) is 12.4 Å². The summed E-state index contributed by atoms with van der Waals surface area (Å²) in [5, 5.41) is 5.57. The molecule has 1 aliphatic rings. The third-order valence-electron chi connectivity index (χ3n) is 2.60. The zero-order valence-corrected chi connectivity index (χ0v) is 9.75. The number of hydrogen-bond acceptors (Lipinski definition) is 3. The van der Waals surface area contributed by atoms with Gasteiger partial charge in [-0.1, -0.05) is 6.92 Å². The van der Waals surface area contributed by atoms with Crippen molar-refractivity contribution in [1.29, 1.82) is 0 Å². The van der Waals surface area contributed by atoms with Gasteiger partial charge < -0.3 is 10.6 Å². The van der Waals surface area contributed by atoms with Crippen LogP contribution in [0.15, 0.2) is 0 Å². The van der Waals surface area contributed by atoms with Gasteiger partial charge in [-0.25, -0.2) is 0 Å². The highest BCUT2D eigenvalue weighted by Crippen LogP contribution is 2.29. The van der Waals surface area contributed by atoms with Crippen LogP contribution in [0.1, 0.15) is 6.92 Å². The second-order valence-corrected chi connectivity index (χ2v) is 4.95. The van der Waals surface area contributed by atoms with E-state index in [1.165, 1.54) is 0 Å². The average molecular weight is 256 g/mol. The van der Waals surface area contributed by atoms with Crippen LogP contribution in [-0.2, 0) is 4.79 Å². The van der Waals surface area contributed by atoms with Crippen LogP contribution in [0.25, 0.3) is 0 Å². The average Bonchev–Trinajstić information content (AvgIpc) is 2.07. The van der Waals surface area contributed by atoms with E-state index in [4.69, 9.17) is 0 Å². The summed E-state index contributed by atoms with van der Waals surface area (Å²) >= 11 is -0.112. The summed E-state index contributed by atoms with van der Waals surface area (Å²) < 4.78 is 35.3. The number of rotatable bonds is 5. The summed E-state index contributed by atoms with van der Waals surface area (Å²) in [6.07, 6.45) is 0. The molecule has 0 saturated carbocycles. The Labute approximate surface area is 96.5 Å². The lowest BCUT2D eigenvalue weighted by Gasteiger charge is -2.31. The van der Waals surface area contributed by atoms with Gasteiger partial charge in [-0.15, -0.1) is 0 Å². The molecule has 1 aliphatic heterocycles. The van der Waals surface area contributed by atoms with E-state index in [2.05, 4.69) is 10.6 Å². The molecule has 0 radical (unpaired) electrons. The molecule has 1 rings (SSSR count). The van der Waals surface area contributed by atoms with Crippen molar-refractivity contribution in [2.24, 2.45) is 11.8 Å². The molecule has 0 spiro atoms. The minimum atomic E-state index is -4.21. The lowest BCUT2D eigenvalue weighted by molar-refractivity contribution is -0.126. The van der Waals surface area contributed by atoms with Gasteiger partial charge in [0, 0.05) is 18.2 Å². The zero-order chi connectivity index (χ0) is 12.2. The predicted molar refractivity (Wildman–Crippen MR) is 57.0 cm³/mol. The summed E-state index contributed by atoms with van der Waals surface area (Å²) in [7, 11) is 0. The highest BCUT2D eigenvalue weighted by atomic mass is 32.2. The van der Waals surface area contributed by atoms with Crippen LogP contribution in [0.3, 0.4) is 0 Å². The third-order valence-corrected chi connectivity index (χ3v) is 3.34. The van der Waals surface area contributed by atoms with Crippen molar-refractivity contribution >= 4 is 17.7 Å². The fourth-order valence-corrected chi connectivity index (χ4v) is 1.82. The molecule has 0 bridgehead atoms. The Hall–Kier alpha value is -0.430. The quantitative estimate of drug-likeness (QED) is 0.727. The first kappa shape index (κ1) is 13.6. The van der Waals surface area contributed by atoms with E-state index in [-0.39, 0.29) is 35.9 Å². The summed E-state index contributed by atoms with van der Waals surface area (Å²) in [5.74, 6) is -0.105. The van der Waals surface area contributed by atoms with Gasteiger partial charge >= 0.3 is 5.51 Å². The number of carbonyl (C=O) groups excluding carboxylic acids is 1. The van der Waals surface area contributed by atoms with Crippen molar-refractivity contribution in [3.63, 3.8) is 0 Å². The predicted octanol–water partition coefficient (Wildman–Crippen LogP) is 1.21. The van der Waals surface area contributed by atoms with Crippen molar-refractivity contribution < 1.29 is 18.0 Å². The van der Waals surface area contributed by atoms with E-state index in [1.54, 1.807) is 6.92 Å². The summed E-state index contributed by atoms with van der Waals surface area (Å²) in [5.41, 5.74) is -4.21. The molecule has 16 heavy (non-hydrogen) atoms. The molecule has 1 saturated heterocycles. The van der Waals surface area contributed by atoms with E-state index in [9.17, 15) is 18.0 Å². The Morgan fingerprint density at radius 3 is 2.62 bits per heavy atom. The van der Waals surface area contributed by atoms with Gasteiger partial charge in [0.05, 0.1) is 0 Å². The normalized spacial score (nSPS) is 19.0. The molecule has 3 nitrogen and oxygen atoms in total. The maximum Gasteiger partial charge on any atom is 0.441 e. The molecule has 0 aromatic rings. The molecule has 1 fully saturated rings. The SMILES string of the molecule is CC(C(=O)NCCSC(F)(F)F)C1CNC1. The minimum absolute atomic E-state index is 0.0630. The van der Waals surface area contributed by atoms with Crippen LogP contribution >= 0.6 is 11.8 Å². The largest absolute Gasteiger partial charge is 0.441 e. The first-order chi connectivity index (χ1) is 7.40. The molecule has 0 aromatic heterocycles. The fourth-order valence-electron chi connectivity index (χ4n) is 1.38. The minimum Gasteiger partial charge on any atom is -0.355 e. The van der Waals surface area contributed by atoms with E-state index >= 15 is 0 Å². The zero-order valence-electron chi connectivity index (χ0n) is 8.93. The second-order valence-electron chi connectivity index (χ2n) is 3.79.